The molecule has 1 aliphatic heterocycles. The molecule has 1 rings (SSSR count). The SMILES string of the molecule is CN1C(F)=CC=CC1N. The van der Waals surface area contributed by atoms with E-state index in [1.54, 1.807) is 19.2 Å². The van der Waals surface area contributed by atoms with Crippen LogP contribution in [0.2, 0.25) is 0 Å². The summed E-state index contributed by atoms with van der Waals surface area (Å²) in [5, 5.41) is 0. The topological polar surface area (TPSA) is 29.3 Å². The Morgan fingerprint density at radius 1 is 1.78 bits per heavy atom. The average Bonchev–Trinajstić information content (AvgIpc) is 1.83. The van der Waals surface area contributed by atoms with Crippen LogP contribution in [-0.2, 0) is 0 Å². The Kier molecular flexibility index (Phi) is 1.53. The molecule has 50 valence electrons. The molecule has 2 nitrogen and oxygen atoms in total. The van der Waals surface area contributed by atoms with E-state index in [1.165, 1.54) is 11.0 Å². The van der Waals surface area contributed by atoms with Crippen LogP contribution in [0.5, 0.6) is 0 Å². The van der Waals surface area contributed by atoms with Gasteiger partial charge in [-0.25, -0.2) is 0 Å². The molecule has 0 aromatic carbocycles. The van der Waals surface area contributed by atoms with Gasteiger partial charge in [0.1, 0.15) is 0 Å². The first-order valence-electron chi connectivity index (χ1n) is 2.74. The minimum absolute atomic E-state index is 0.287. The Morgan fingerprint density at radius 3 is 2.89 bits per heavy atom. The van der Waals surface area contributed by atoms with Crippen LogP contribution in [0.15, 0.2) is 24.2 Å². The van der Waals surface area contributed by atoms with Gasteiger partial charge in [-0.2, -0.15) is 4.39 Å². The van der Waals surface area contributed by atoms with Gasteiger partial charge in [0.15, 0.2) is 5.95 Å². The first-order valence-corrected chi connectivity index (χ1v) is 2.74. The number of allylic oxidation sites excluding steroid dienone is 2. The summed E-state index contributed by atoms with van der Waals surface area (Å²) in [5.74, 6) is -0.287. The molecule has 0 aliphatic carbocycles. The van der Waals surface area contributed by atoms with Gasteiger partial charge in [0.25, 0.3) is 0 Å². The van der Waals surface area contributed by atoms with E-state index >= 15 is 0 Å². The van der Waals surface area contributed by atoms with Crippen molar-refractivity contribution in [1.82, 2.24) is 4.90 Å². The van der Waals surface area contributed by atoms with Gasteiger partial charge < -0.3 is 10.6 Å². The Morgan fingerprint density at radius 2 is 2.44 bits per heavy atom. The van der Waals surface area contributed by atoms with Crippen LogP contribution in [0.25, 0.3) is 0 Å². The number of likely N-dealkylation sites (N-methyl/N-ethyl adjacent to an activating group) is 1. The second-order valence-electron chi connectivity index (χ2n) is 1.98. The van der Waals surface area contributed by atoms with E-state index in [2.05, 4.69) is 0 Å². The molecule has 1 atom stereocenters. The molecule has 0 saturated heterocycles. The molecule has 0 fully saturated rings. The third kappa shape index (κ3) is 1.10. The van der Waals surface area contributed by atoms with Gasteiger partial charge in [0.2, 0.25) is 0 Å². The highest BCUT2D eigenvalue weighted by Crippen LogP contribution is 2.10. The van der Waals surface area contributed by atoms with Crippen LogP contribution in [0, 0.1) is 0 Å². The number of halogens is 1. The van der Waals surface area contributed by atoms with E-state index in [4.69, 9.17) is 5.73 Å². The average molecular weight is 128 g/mol. The summed E-state index contributed by atoms with van der Waals surface area (Å²) in [6, 6.07) is 0. The fourth-order valence-electron chi connectivity index (χ4n) is 0.638. The summed E-state index contributed by atoms with van der Waals surface area (Å²) < 4.78 is 12.5. The second kappa shape index (κ2) is 2.19. The first kappa shape index (κ1) is 6.29. The van der Waals surface area contributed by atoms with Crippen LogP contribution in [0.3, 0.4) is 0 Å². The van der Waals surface area contributed by atoms with Gasteiger partial charge >= 0.3 is 0 Å². The van der Waals surface area contributed by atoms with E-state index in [0.717, 1.165) is 0 Å². The Hall–Kier alpha value is -0.830. The molecule has 3 heteroatoms. The summed E-state index contributed by atoms with van der Waals surface area (Å²) in [6.07, 6.45) is 4.40. The zero-order valence-electron chi connectivity index (χ0n) is 5.21. The standard InChI is InChI=1S/C6H9FN2/c1-9-5(7)3-2-4-6(9)8/h2-4,6H,8H2,1H3. The molecule has 0 radical (unpaired) electrons. The van der Waals surface area contributed by atoms with Gasteiger partial charge in [0, 0.05) is 7.05 Å². The van der Waals surface area contributed by atoms with Gasteiger partial charge in [-0.3, -0.25) is 0 Å². The molecule has 1 unspecified atom stereocenters. The van der Waals surface area contributed by atoms with Crippen LogP contribution in [0.4, 0.5) is 4.39 Å². The van der Waals surface area contributed by atoms with Crippen molar-refractivity contribution in [3.8, 4) is 0 Å². The lowest BCUT2D eigenvalue weighted by Gasteiger charge is -2.23. The third-order valence-corrected chi connectivity index (χ3v) is 1.33. The highest BCUT2D eigenvalue weighted by molar-refractivity contribution is 5.14. The maximum absolute atomic E-state index is 12.5. The van der Waals surface area contributed by atoms with Crippen molar-refractivity contribution < 1.29 is 4.39 Å². The molecule has 0 saturated carbocycles. The van der Waals surface area contributed by atoms with E-state index < -0.39 is 0 Å². The van der Waals surface area contributed by atoms with Gasteiger partial charge in [0.05, 0.1) is 6.17 Å². The fraction of sp³-hybridized carbons (Fsp3) is 0.333. The molecule has 2 N–H and O–H groups in total. The maximum atomic E-state index is 12.5. The molecule has 1 heterocycles. The Labute approximate surface area is 53.4 Å². The minimum atomic E-state index is -0.310. The van der Waals surface area contributed by atoms with Crippen molar-refractivity contribution in [3.63, 3.8) is 0 Å². The predicted octanol–water partition coefficient (Wildman–Crippen LogP) is 0.584. The number of rotatable bonds is 0. The number of hydrogen-bond acceptors (Lipinski definition) is 2. The molecule has 0 aromatic heterocycles. The highest BCUT2D eigenvalue weighted by Gasteiger charge is 2.10. The first-order chi connectivity index (χ1) is 4.22. The van der Waals surface area contributed by atoms with Crippen molar-refractivity contribution in [2.45, 2.75) is 6.17 Å². The third-order valence-electron chi connectivity index (χ3n) is 1.33. The molecule has 1 aliphatic rings. The molecular weight excluding hydrogens is 119 g/mol. The number of hydrogen-bond donors (Lipinski definition) is 1. The van der Waals surface area contributed by atoms with Crippen molar-refractivity contribution in [3.05, 3.63) is 24.2 Å². The van der Waals surface area contributed by atoms with Gasteiger partial charge in [-0.05, 0) is 12.2 Å². The lowest BCUT2D eigenvalue weighted by atomic mass is 10.3. The molecule has 0 spiro atoms. The molecular formula is C6H9FN2. The quantitative estimate of drug-likeness (QED) is 0.483. The van der Waals surface area contributed by atoms with Crippen LogP contribution in [-0.4, -0.2) is 18.1 Å². The molecule has 0 amide bonds. The summed E-state index contributed by atoms with van der Waals surface area (Å²) in [5.41, 5.74) is 5.43. The zero-order valence-corrected chi connectivity index (χ0v) is 5.21. The Bertz CT molecular complexity index is 162. The fourth-order valence-corrected chi connectivity index (χ4v) is 0.638. The monoisotopic (exact) mass is 128 g/mol. The van der Waals surface area contributed by atoms with E-state index in [1.807, 2.05) is 0 Å². The Balaban J connectivity index is 2.73. The van der Waals surface area contributed by atoms with Crippen molar-refractivity contribution >= 4 is 0 Å². The molecule has 0 bridgehead atoms. The van der Waals surface area contributed by atoms with E-state index in [-0.39, 0.29) is 12.1 Å². The molecule has 9 heavy (non-hydrogen) atoms. The number of nitrogens with two attached hydrogens (primary N) is 1. The normalized spacial score (nSPS) is 26.3. The van der Waals surface area contributed by atoms with Crippen LogP contribution < -0.4 is 5.73 Å². The highest BCUT2D eigenvalue weighted by atomic mass is 19.1. The summed E-state index contributed by atoms with van der Waals surface area (Å²) in [4.78, 5) is 1.36. The second-order valence-corrected chi connectivity index (χ2v) is 1.98. The van der Waals surface area contributed by atoms with E-state index in [9.17, 15) is 4.39 Å². The van der Waals surface area contributed by atoms with Crippen molar-refractivity contribution in [2.24, 2.45) is 5.73 Å². The number of nitrogens with zero attached hydrogens (tertiary/aromatic N) is 1. The predicted molar refractivity (Wildman–Crippen MR) is 34.1 cm³/mol. The van der Waals surface area contributed by atoms with Crippen LogP contribution in [0.1, 0.15) is 0 Å². The van der Waals surface area contributed by atoms with E-state index in [0.29, 0.717) is 0 Å². The smallest absolute Gasteiger partial charge is 0.190 e. The maximum Gasteiger partial charge on any atom is 0.190 e. The minimum Gasteiger partial charge on any atom is -0.333 e. The van der Waals surface area contributed by atoms with Crippen LogP contribution >= 0.6 is 0 Å². The summed E-state index contributed by atoms with van der Waals surface area (Å²) >= 11 is 0. The van der Waals surface area contributed by atoms with Gasteiger partial charge in [-0.15, -0.1) is 0 Å². The van der Waals surface area contributed by atoms with Gasteiger partial charge in [-0.1, -0.05) is 6.08 Å². The summed E-state index contributed by atoms with van der Waals surface area (Å²) in [6.45, 7) is 0. The lowest BCUT2D eigenvalue weighted by Crippen LogP contribution is -2.36. The van der Waals surface area contributed by atoms with Crippen molar-refractivity contribution in [2.75, 3.05) is 7.05 Å². The van der Waals surface area contributed by atoms with Crippen molar-refractivity contribution in [1.29, 1.82) is 0 Å². The zero-order chi connectivity index (χ0) is 6.85. The summed E-state index contributed by atoms with van der Waals surface area (Å²) in [7, 11) is 1.61. The lowest BCUT2D eigenvalue weighted by molar-refractivity contribution is 0.275. The molecule has 0 aromatic rings. The largest absolute Gasteiger partial charge is 0.333 e.